The predicted octanol–water partition coefficient (Wildman–Crippen LogP) is 3.73. The molecule has 2 unspecified atom stereocenters. The topological polar surface area (TPSA) is 72.9 Å². The minimum Gasteiger partial charge on any atom is -0.497 e. The molecule has 2 heterocycles. The van der Waals surface area contributed by atoms with Gasteiger partial charge < -0.3 is 14.4 Å². The third-order valence-corrected chi connectivity index (χ3v) is 6.08. The number of amides is 1. The molecule has 33 heavy (non-hydrogen) atoms. The first-order valence-electron chi connectivity index (χ1n) is 10.6. The first kappa shape index (κ1) is 20.7. The molecule has 1 saturated heterocycles. The zero-order chi connectivity index (χ0) is 23.0. The van der Waals surface area contributed by atoms with Gasteiger partial charge in [0.15, 0.2) is 0 Å². The van der Waals surface area contributed by atoms with Crippen molar-refractivity contribution in [3.8, 4) is 5.75 Å². The van der Waals surface area contributed by atoms with E-state index < -0.39 is 29.3 Å². The Kier molecular flexibility index (Phi) is 5.05. The van der Waals surface area contributed by atoms with Crippen LogP contribution in [-0.2, 0) is 25.7 Å². The van der Waals surface area contributed by atoms with Crippen molar-refractivity contribution < 1.29 is 23.9 Å². The second-order valence-electron chi connectivity index (χ2n) is 7.98. The molecule has 1 amide bonds. The van der Waals surface area contributed by atoms with Crippen LogP contribution in [0.1, 0.15) is 22.7 Å². The second-order valence-corrected chi connectivity index (χ2v) is 7.98. The molecule has 0 saturated carbocycles. The number of nitrogens with zero attached hydrogens (tertiary/aromatic N) is 1. The third-order valence-electron chi connectivity index (χ3n) is 6.08. The Morgan fingerprint density at radius 1 is 0.879 bits per heavy atom. The monoisotopic (exact) mass is 439 g/mol. The summed E-state index contributed by atoms with van der Waals surface area (Å²) in [6, 6.07) is 24.4. The molecule has 1 fully saturated rings. The minimum absolute atomic E-state index is 0.176. The lowest BCUT2D eigenvalue weighted by molar-refractivity contribution is -0.159. The molecule has 164 valence electrons. The molecule has 0 aromatic heterocycles. The van der Waals surface area contributed by atoms with Crippen LogP contribution < -0.4 is 4.74 Å². The number of benzene rings is 3. The average molecular weight is 439 g/mol. The van der Waals surface area contributed by atoms with Crippen molar-refractivity contribution >= 4 is 23.2 Å². The average Bonchev–Trinajstić information content (AvgIpc) is 3.31. The predicted molar refractivity (Wildman–Crippen MR) is 121 cm³/mol. The first-order valence-corrected chi connectivity index (χ1v) is 10.6. The van der Waals surface area contributed by atoms with E-state index in [-0.39, 0.29) is 12.1 Å². The molecule has 0 radical (unpaired) electrons. The lowest BCUT2D eigenvalue weighted by atomic mass is 9.84. The Bertz CT molecular complexity index is 1250. The molecule has 3 aromatic rings. The number of Topliss-reactive ketones (excluding diaryl/α,β-unsaturated/α-hetero) is 1. The fourth-order valence-corrected chi connectivity index (χ4v) is 4.52. The molecular formula is C27H21NO5. The smallest absolute Gasteiger partial charge is 0.333 e. The van der Waals surface area contributed by atoms with Crippen molar-refractivity contribution in [1.82, 2.24) is 4.90 Å². The molecule has 0 bridgehead atoms. The SMILES string of the molecule is COc1ccc(CN2C(=O)C3(OC(=O)C=C3c3ccccc3)C(=O)C2c2ccccc2)cc1. The second kappa shape index (κ2) is 8.06. The van der Waals surface area contributed by atoms with Gasteiger partial charge in [-0.3, -0.25) is 9.59 Å². The Balaban J connectivity index is 1.62. The summed E-state index contributed by atoms with van der Waals surface area (Å²) < 4.78 is 10.8. The molecule has 0 N–H and O–H groups in total. The zero-order valence-corrected chi connectivity index (χ0v) is 17.9. The number of likely N-dealkylation sites (tertiary alicyclic amines) is 1. The van der Waals surface area contributed by atoms with Crippen LogP contribution in [0.3, 0.4) is 0 Å². The molecule has 2 atom stereocenters. The first-order chi connectivity index (χ1) is 16.0. The highest BCUT2D eigenvalue weighted by atomic mass is 16.6. The maximum Gasteiger partial charge on any atom is 0.333 e. The van der Waals surface area contributed by atoms with Crippen molar-refractivity contribution in [3.63, 3.8) is 0 Å². The third kappa shape index (κ3) is 3.31. The van der Waals surface area contributed by atoms with Gasteiger partial charge in [-0.25, -0.2) is 4.79 Å². The van der Waals surface area contributed by atoms with Gasteiger partial charge in [0, 0.05) is 18.2 Å². The van der Waals surface area contributed by atoms with Crippen LogP contribution in [0.25, 0.3) is 5.57 Å². The molecule has 1 spiro atoms. The standard InChI is InChI=1S/C27H21NO5/c1-32-21-14-12-18(13-15-21)17-28-24(20-10-6-3-7-11-20)25(30)27(26(28)31)22(16-23(29)33-27)19-8-4-2-5-9-19/h2-16,24H,17H2,1H3. The number of hydrogen-bond acceptors (Lipinski definition) is 5. The summed E-state index contributed by atoms with van der Waals surface area (Å²) in [5.74, 6) is -1.02. The maximum atomic E-state index is 14.0. The van der Waals surface area contributed by atoms with E-state index >= 15 is 0 Å². The molecule has 5 rings (SSSR count). The number of esters is 1. The highest BCUT2D eigenvalue weighted by Gasteiger charge is 2.66. The van der Waals surface area contributed by atoms with Crippen molar-refractivity contribution in [2.24, 2.45) is 0 Å². The van der Waals surface area contributed by atoms with Crippen LogP contribution in [-0.4, -0.2) is 35.3 Å². The summed E-state index contributed by atoms with van der Waals surface area (Å²) in [6.45, 7) is 0.176. The van der Waals surface area contributed by atoms with Crippen molar-refractivity contribution in [2.75, 3.05) is 7.11 Å². The number of rotatable bonds is 5. The largest absolute Gasteiger partial charge is 0.497 e. The van der Waals surface area contributed by atoms with Gasteiger partial charge in [0.1, 0.15) is 11.8 Å². The number of methoxy groups -OCH3 is 1. The Morgan fingerprint density at radius 3 is 2.15 bits per heavy atom. The van der Waals surface area contributed by atoms with Crippen LogP contribution in [0.5, 0.6) is 5.75 Å². The summed E-state index contributed by atoms with van der Waals surface area (Å²) in [4.78, 5) is 41.8. The summed E-state index contributed by atoms with van der Waals surface area (Å²) in [7, 11) is 1.58. The summed E-state index contributed by atoms with van der Waals surface area (Å²) in [5, 5.41) is 0. The molecule has 6 heteroatoms. The number of carbonyl (C=O) groups is 3. The van der Waals surface area contributed by atoms with E-state index in [1.54, 1.807) is 55.6 Å². The van der Waals surface area contributed by atoms with E-state index in [1.165, 1.54) is 11.0 Å². The normalized spacial score (nSPS) is 22.0. The van der Waals surface area contributed by atoms with E-state index in [2.05, 4.69) is 0 Å². The van der Waals surface area contributed by atoms with Gasteiger partial charge in [0.05, 0.1) is 7.11 Å². The Hall–Kier alpha value is -4.19. The zero-order valence-electron chi connectivity index (χ0n) is 17.9. The van der Waals surface area contributed by atoms with E-state index in [9.17, 15) is 14.4 Å². The van der Waals surface area contributed by atoms with Crippen molar-refractivity contribution in [2.45, 2.75) is 18.2 Å². The fourth-order valence-electron chi connectivity index (χ4n) is 4.52. The van der Waals surface area contributed by atoms with E-state index in [0.29, 0.717) is 16.9 Å². The van der Waals surface area contributed by atoms with Gasteiger partial charge in [0.2, 0.25) is 5.78 Å². The molecule has 2 aliphatic heterocycles. The van der Waals surface area contributed by atoms with E-state index in [4.69, 9.17) is 9.47 Å². The Labute approximate surface area is 191 Å². The minimum atomic E-state index is -1.99. The number of ether oxygens (including phenoxy) is 2. The van der Waals surface area contributed by atoms with Crippen LogP contribution in [0, 0.1) is 0 Å². The highest BCUT2D eigenvalue weighted by Crippen LogP contribution is 2.48. The fraction of sp³-hybridized carbons (Fsp3) is 0.148. The molecule has 6 nitrogen and oxygen atoms in total. The molecule has 2 aliphatic rings. The van der Waals surface area contributed by atoms with Crippen LogP contribution in [0.15, 0.2) is 91.0 Å². The van der Waals surface area contributed by atoms with Gasteiger partial charge in [-0.2, -0.15) is 0 Å². The van der Waals surface area contributed by atoms with Crippen LogP contribution in [0.2, 0.25) is 0 Å². The van der Waals surface area contributed by atoms with Crippen LogP contribution in [0.4, 0.5) is 0 Å². The lowest BCUT2D eigenvalue weighted by Crippen LogP contribution is -2.45. The van der Waals surface area contributed by atoms with Gasteiger partial charge in [0.25, 0.3) is 11.5 Å². The van der Waals surface area contributed by atoms with E-state index in [1.807, 2.05) is 36.4 Å². The van der Waals surface area contributed by atoms with Gasteiger partial charge in [-0.15, -0.1) is 0 Å². The maximum absolute atomic E-state index is 14.0. The molecule has 3 aromatic carbocycles. The summed E-state index contributed by atoms with van der Waals surface area (Å²) in [6.07, 6.45) is 1.25. The van der Waals surface area contributed by atoms with Crippen molar-refractivity contribution in [3.05, 3.63) is 108 Å². The highest BCUT2D eigenvalue weighted by molar-refractivity contribution is 6.30. The van der Waals surface area contributed by atoms with Crippen molar-refractivity contribution in [1.29, 1.82) is 0 Å². The number of carbonyl (C=O) groups excluding carboxylic acids is 3. The van der Waals surface area contributed by atoms with E-state index in [0.717, 1.165) is 5.56 Å². The lowest BCUT2D eigenvalue weighted by Gasteiger charge is -2.25. The van der Waals surface area contributed by atoms with Gasteiger partial charge in [-0.05, 0) is 28.8 Å². The van der Waals surface area contributed by atoms with Crippen LogP contribution >= 0.6 is 0 Å². The molecule has 0 aliphatic carbocycles. The number of hydrogen-bond donors (Lipinski definition) is 0. The summed E-state index contributed by atoms with van der Waals surface area (Å²) >= 11 is 0. The summed E-state index contributed by atoms with van der Waals surface area (Å²) in [5.41, 5.74) is 0.372. The molecular weight excluding hydrogens is 418 g/mol. The Morgan fingerprint density at radius 2 is 1.52 bits per heavy atom. The van der Waals surface area contributed by atoms with Gasteiger partial charge in [-0.1, -0.05) is 72.8 Å². The number of ketones is 1. The quantitative estimate of drug-likeness (QED) is 0.448. The van der Waals surface area contributed by atoms with Gasteiger partial charge >= 0.3 is 5.97 Å².